The standard InChI is InChI=1S/C21H21F2N3O/c1-20(2)13-7-8-21(20,19(27)26-9-4-10-26)18-12(13)11-16(24-25-18)17-14(22)5-3-6-15(17)23/h3,5-6,11,13H,4,7-10H2,1-2H3/t13-,21?/m1/s1. The maximum absolute atomic E-state index is 14.2. The second-order valence-corrected chi connectivity index (χ2v) is 8.49. The molecule has 3 aliphatic rings. The van der Waals surface area contributed by atoms with Crippen LogP contribution in [0.2, 0.25) is 0 Å². The molecular weight excluding hydrogens is 348 g/mol. The molecule has 2 bridgehead atoms. The van der Waals surface area contributed by atoms with E-state index in [0.717, 1.165) is 37.9 Å². The van der Waals surface area contributed by atoms with Crippen molar-refractivity contribution < 1.29 is 13.6 Å². The molecule has 1 aromatic carbocycles. The van der Waals surface area contributed by atoms with Crippen molar-refractivity contribution in [2.24, 2.45) is 5.41 Å². The van der Waals surface area contributed by atoms with Crippen molar-refractivity contribution in [2.45, 2.75) is 44.4 Å². The molecule has 0 spiro atoms. The fourth-order valence-electron chi connectivity index (χ4n) is 5.45. The van der Waals surface area contributed by atoms with E-state index in [2.05, 4.69) is 24.0 Å². The van der Waals surface area contributed by atoms with Gasteiger partial charge in [-0.3, -0.25) is 4.79 Å². The van der Waals surface area contributed by atoms with Crippen molar-refractivity contribution in [3.63, 3.8) is 0 Å². The quantitative estimate of drug-likeness (QED) is 0.809. The lowest BCUT2D eigenvalue weighted by molar-refractivity contribution is -0.144. The number of amides is 1. The number of carbonyl (C=O) groups excluding carboxylic acids is 1. The maximum atomic E-state index is 14.2. The number of halogens is 2. The van der Waals surface area contributed by atoms with Crippen molar-refractivity contribution in [3.05, 3.63) is 47.2 Å². The molecule has 2 aromatic rings. The van der Waals surface area contributed by atoms with Gasteiger partial charge in [-0.25, -0.2) is 8.78 Å². The monoisotopic (exact) mass is 369 g/mol. The van der Waals surface area contributed by atoms with Crippen LogP contribution < -0.4 is 0 Å². The molecule has 1 unspecified atom stereocenters. The lowest BCUT2D eigenvalue weighted by Gasteiger charge is -2.43. The van der Waals surface area contributed by atoms with Gasteiger partial charge in [-0.2, -0.15) is 5.10 Å². The average molecular weight is 369 g/mol. The first kappa shape index (κ1) is 16.8. The SMILES string of the molecule is CC1(C)[C@@H]2CCC1(C(=O)N1CCC1)c1nnc(-c3c(F)cccc3F)cc12. The first-order valence-electron chi connectivity index (χ1n) is 9.50. The predicted octanol–water partition coefficient (Wildman–Crippen LogP) is 3.81. The molecule has 2 heterocycles. The lowest BCUT2D eigenvalue weighted by Crippen LogP contribution is -2.55. The molecule has 2 aliphatic carbocycles. The highest BCUT2D eigenvalue weighted by Crippen LogP contribution is 2.68. The minimum Gasteiger partial charge on any atom is -0.342 e. The fourth-order valence-corrected chi connectivity index (χ4v) is 5.45. The Hall–Kier alpha value is -2.37. The number of carbonyl (C=O) groups is 1. The molecule has 140 valence electrons. The van der Waals surface area contributed by atoms with Gasteiger partial charge in [0, 0.05) is 13.1 Å². The van der Waals surface area contributed by atoms with E-state index in [1.807, 2.05) is 4.90 Å². The minimum absolute atomic E-state index is 0.138. The van der Waals surface area contributed by atoms with E-state index in [4.69, 9.17) is 0 Å². The molecule has 1 saturated carbocycles. The molecular formula is C21H21F2N3O. The predicted molar refractivity (Wildman–Crippen MR) is 96.0 cm³/mol. The number of hydrogen-bond donors (Lipinski definition) is 0. The van der Waals surface area contributed by atoms with Crippen molar-refractivity contribution >= 4 is 5.91 Å². The summed E-state index contributed by atoms with van der Waals surface area (Å²) >= 11 is 0. The van der Waals surface area contributed by atoms with Crippen molar-refractivity contribution in [2.75, 3.05) is 13.1 Å². The summed E-state index contributed by atoms with van der Waals surface area (Å²) in [6, 6.07) is 5.53. The summed E-state index contributed by atoms with van der Waals surface area (Å²) in [5.41, 5.74) is 0.709. The van der Waals surface area contributed by atoms with Crippen LogP contribution in [-0.4, -0.2) is 34.1 Å². The summed E-state index contributed by atoms with van der Waals surface area (Å²) in [6.45, 7) is 5.83. The Kier molecular flexibility index (Phi) is 3.31. The van der Waals surface area contributed by atoms with Crippen LogP contribution in [0, 0.1) is 17.0 Å². The number of benzene rings is 1. The first-order chi connectivity index (χ1) is 12.9. The molecule has 4 nitrogen and oxygen atoms in total. The molecule has 2 atom stereocenters. The summed E-state index contributed by atoms with van der Waals surface area (Å²) in [4.78, 5) is 15.3. The van der Waals surface area contributed by atoms with E-state index in [9.17, 15) is 13.6 Å². The van der Waals surface area contributed by atoms with E-state index >= 15 is 0 Å². The number of rotatable bonds is 2. The van der Waals surface area contributed by atoms with Crippen molar-refractivity contribution in [3.8, 4) is 11.3 Å². The fraction of sp³-hybridized carbons (Fsp3) is 0.476. The van der Waals surface area contributed by atoms with Gasteiger partial charge in [0.2, 0.25) is 5.91 Å². The summed E-state index contributed by atoms with van der Waals surface area (Å²) < 4.78 is 28.4. The second-order valence-electron chi connectivity index (χ2n) is 8.49. The zero-order valence-electron chi connectivity index (χ0n) is 15.4. The zero-order valence-corrected chi connectivity index (χ0v) is 15.4. The third-order valence-corrected chi connectivity index (χ3v) is 7.11. The van der Waals surface area contributed by atoms with Crippen LogP contribution in [0.25, 0.3) is 11.3 Å². The van der Waals surface area contributed by atoms with Gasteiger partial charge in [0.1, 0.15) is 11.6 Å². The van der Waals surface area contributed by atoms with E-state index in [1.54, 1.807) is 6.07 Å². The van der Waals surface area contributed by atoms with Gasteiger partial charge in [-0.05, 0) is 54.4 Å². The Balaban J connectivity index is 1.67. The zero-order chi connectivity index (χ0) is 19.0. The topological polar surface area (TPSA) is 46.1 Å². The molecule has 6 heteroatoms. The molecule has 0 N–H and O–H groups in total. The number of fused-ring (bicyclic) bond motifs is 5. The number of aromatic nitrogens is 2. The smallest absolute Gasteiger partial charge is 0.235 e. The second kappa shape index (κ2) is 5.33. The van der Waals surface area contributed by atoms with Crippen LogP contribution in [0.5, 0.6) is 0 Å². The molecule has 27 heavy (non-hydrogen) atoms. The van der Waals surface area contributed by atoms with Crippen LogP contribution in [0.3, 0.4) is 0 Å². The van der Waals surface area contributed by atoms with Crippen LogP contribution in [0.1, 0.15) is 50.3 Å². The van der Waals surface area contributed by atoms with Crippen LogP contribution in [0.4, 0.5) is 8.78 Å². The summed E-state index contributed by atoms with van der Waals surface area (Å²) in [6.07, 6.45) is 2.68. The highest BCUT2D eigenvalue weighted by Gasteiger charge is 2.68. The largest absolute Gasteiger partial charge is 0.342 e. The third kappa shape index (κ3) is 1.93. The molecule has 1 amide bonds. The number of hydrogen-bond acceptors (Lipinski definition) is 3. The third-order valence-electron chi connectivity index (χ3n) is 7.11. The summed E-state index contributed by atoms with van der Waals surface area (Å²) in [5.74, 6) is -1.03. The Bertz CT molecular complexity index is 950. The Labute approximate surface area is 156 Å². The maximum Gasteiger partial charge on any atom is 0.235 e. The van der Waals surface area contributed by atoms with Gasteiger partial charge in [0.15, 0.2) is 0 Å². The van der Waals surface area contributed by atoms with Crippen molar-refractivity contribution in [1.29, 1.82) is 0 Å². The highest BCUT2D eigenvalue weighted by molar-refractivity contribution is 5.92. The molecule has 1 saturated heterocycles. The highest BCUT2D eigenvalue weighted by atomic mass is 19.1. The van der Waals surface area contributed by atoms with E-state index in [0.29, 0.717) is 5.69 Å². The van der Waals surface area contributed by atoms with E-state index in [-0.39, 0.29) is 28.5 Å². The Morgan fingerprint density at radius 1 is 1.19 bits per heavy atom. The molecule has 0 radical (unpaired) electrons. The summed E-state index contributed by atoms with van der Waals surface area (Å²) in [7, 11) is 0. The summed E-state index contributed by atoms with van der Waals surface area (Å²) in [5, 5.41) is 8.56. The molecule has 2 fully saturated rings. The number of likely N-dealkylation sites (tertiary alicyclic amines) is 1. The Morgan fingerprint density at radius 2 is 1.89 bits per heavy atom. The molecule has 5 rings (SSSR count). The van der Waals surface area contributed by atoms with Crippen LogP contribution in [-0.2, 0) is 10.2 Å². The minimum atomic E-state index is -0.674. The van der Waals surface area contributed by atoms with E-state index < -0.39 is 17.0 Å². The van der Waals surface area contributed by atoms with Gasteiger partial charge in [-0.1, -0.05) is 19.9 Å². The van der Waals surface area contributed by atoms with Crippen LogP contribution >= 0.6 is 0 Å². The van der Waals surface area contributed by atoms with Gasteiger partial charge in [0.25, 0.3) is 0 Å². The van der Waals surface area contributed by atoms with E-state index in [1.165, 1.54) is 18.2 Å². The number of nitrogens with zero attached hydrogens (tertiary/aromatic N) is 3. The first-order valence-corrected chi connectivity index (χ1v) is 9.50. The van der Waals surface area contributed by atoms with Crippen molar-refractivity contribution in [1.82, 2.24) is 15.1 Å². The Morgan fingerprint density at radius 3 is 2.52 bits per heavy atom. The van der Waals surface area contributed by atoms with Gasteiger partial charge >= 0.3 is 0 Å². The normalized spacial score (nSPS) is 27.4. The van der Waals surface area contributed by atoms with Gasteiger partial charge in [-0.15, -0.1) is 5.10 Å². The van der Waals surface area contributed by atoms with Gasteiger partial charge in [0.05, 0.1) is 22.4 Å². The molecule has 1 aliphatic heterocycles. The van der Waals surface area contributed by atoms with Crippen LogP contribution in [0.15, 0.2) is 24.3 Å². The average Bonchev–Trinajstić information content (AvgIpc) is 2.95. The lowest BCUT2D eigenvalue weighted by atomic mass is 9.67. The van der Waals surface area contributed by atoms with Gasteiger partial charge < -0.3 is 4.90 Å². The molecule has 1 aromatic heterocycles.